The molecular weight excluding hydrogens is 128 g/mol. The molecule has 7 heavy (non-hydrogen) atoms. The highest BCUT2D eigenvalue weighted by Gasteiger charge is 2.05. The average Bonchev–Trinajstić information content (AvgIpc) is 1.87. The zero-order chi connectivity index (χ0) is 5.28. The maximum Gasteiger partial charge on any atom is 0.104 e. The molecule has 0 amide bonds. The van der Waals surface area contributed by atoms with Crippen molar-refractivity contribution in [1.29, 1.82) is 0 Å². The first-order chi connectivity index (χ1) is 3.29. The fourth-order valence-corrected chi connectivity index (χ4v) is 1.27. The average molecular weight is 132 g/mol. The van der Waals surface area contributed by atoms with E-state index in [9.17, 15) is 0 Å². The first-order valence-electron chi connectivity index (χ1n) is 1.85. The van der Waals surface area contributed by atoms with Gasteiger partial charge < -0.3 is 5.11 Å². The quantitative estimate of drug-likeness (QED) is 0.504. The van der Waals surface area contributed by atoms with Gasteiger partial charge in [0.25, 0.3) is 0 Å². The molecule has 0 radical (unpaired) electrons. The molecule has 38 valence electrons. The van der Waals surface area contributed by atoms with Gasteiger partial charge in [0.15, 0.2) is 0 Å². The van der Waals surface area contributed by atoms with Crippen LogP contribution in [-0.4, -0.2) is 15.1 Å². The van der Waals surface area contributed by atoms with Crippen LogP contribution in [0.3, 0.4) is 0 Å². The van der Waals surface area contributed by atoms with E-state index in [1.807, 2.05) is 0 Å². The smallest absolute Gasteiger partial charge is 0.104 e. The third-order valence-electron chi connectivity index (χ3n) is 0.647. The highest BCUT2D eigenvalue weighted by Crippen LogP contribution is 2.17. The number of thioether (sulfide) groups is 1. The minimum absolute atomic E-state index is 0.398. The molecule has 1 aliphatic rings. The van der Waals surface area contributed by atoms with Crippen LogP contribution in [0.25, 0.3) is 0 Å². The van der Waals surface area contributed by atoms with Crippen molar-refractivity contribution in [3.63, 3.8) is 0 Å². The minimum Gasteiger partial charge on any atom is -0.511 e. The topological polar surface area (TPSA) is 20.2 Å². The van der Waals surface area contributed by atoms with Gasteiger partial charge >= 0.3 is 0 Å². The maximum atomic E-state index is 8.65. The molecule has 0 fully saturated rings. The number of thiocarbonyl (C=S) groups is 1. The molecule has 3 heteroatoms. The summed E-state index contributed by atoms with van der Waals surface area (Å²) in [6.07, 6.45) is 1.61. The summed E-state index contributed by atoms with van der Waals surface area (Å²) >= 11 is 6.22. The fraction of sp³-hybridized carbons (Fsp3) is 0.250. The van der Waals surface area contributed by atoms with E-state index in [-0.39, 0.29) is 0 Å². The Labute approximate surface area is 51.4 Å². The van der Waals surface area contributed by atoms with Crippen LogP contribution in [0.1, 0.15) is 0 Å². The molecule has 1 rings (SSSR count). The van der Waals surface area contributed by atoms with Gasteiger partial charge in [-0.3, -0.25) is 0 Å². The molecule has 0 aromatic heterocycles. The van der Waals surface area contributed by atoms with Gasteiger partial charge in [-0.05, 0) is 0 Å². The van der Waals surface area contributed by atoms with E-state index in [0.717, 1.165) is 4.20 Å². The lowest BCUT2D eigenvalue weighted by Crippen LogP contribution is -1.72. The zero-order valence-electron chi connectivity index (χ0n) is 3.55. The molecule has 1 nitrogen and oxygen atoms in total. The Balaban J connectivity index is 2.67. The Bertz CT molecular complexity index is 128. The number of rotatable bonds is 0. The van der Waals surface area contributed by atoms with Crippen molar-refractivity contribution in [2.45, 2.75) is 0 Å². The molecule has 0 saturated carbocycles. The summed E-state index contributed by atoms with van der Waals surface area (Å²) in [5, 5.41) is 8.65. The largest absolute Gasteiger partial charge is 0.511 e. The van der Waals surface area contributed by atoms with Crippen LogP contribution in [0.15, 0.2) is 11.8 Å². The molecule has 1 heterocycles. The van der Waals surface area contributed by atoms with Crippen molar-refractivity contribution >= 4 is 28.2 Å². The standard InChI is InChI=1S/C4H4OS2/c5-3-1-4(6)7-2-3/h1,5H,2H2. The van der Waals surface area contributed by atoms with Crippen molar-refractivity contribution in [2.75, 3.05) is 5.75 Å². The van der Waals surface area contributed by atoms with E-state index < -0.39 is 0 Å². The van der Waals surface area contributed by atoms with Gasteiger partial charge in [0.2, 0.25) is 0 Å². The lowest BCUT2D eigenvalue weighted by molar-refractivity contribution is 0.419. The summed E-state index contributed by atoms with van der Waals surface area (Å²) in [5.41, 5.74) is 0. The molecule has 0 unspecified atom stereocenters. The van der Waals surface area contributed by atoms with Gasteiger partial charge in [-0.2, -0.15) is 0 Å². The van der Waals surface area contributed by atoms with Gasteiger partial charge in [0.05, 0.1) is 9.95 Å². The van der Waals surface area contributed by atoms with Gasteiger partial charge in [-0.25, -0.2) is 0 Å². The Morgan fingerprint density at radius 3 is 2.71 bits per heavy atom. The van der Waals surface area contributed by atoms with Crippen molar-refractivity contribution in [3.8, 4) is 0 Å². The maximum absolute atomic E-state index is 8.65. The number of hydrogen-bond donors (Lipinski definition) is 1. The Kier molecular flexibility index (Phi) is 1.35. The summed E-state index contributed by atoms with van der Waals surface area (Å²) in [4.78, 5) is 0. The Morgan fingerprint density at radius 1 is 1.86 bits per heavy atom. The molecule has 0 atom stereocenters. The van der Waals surface area contributed by atoms with E-state index in [0.29, 0.717) is 11.5 Å². The van der Waals surface area contributed by atoms with Crippen LogP contribution in [0, 0.1) is 0 Å². The van der Waals surface area contributed by atoms with E-state index >= 15 is 0 Å². The lowest BCUT2D eigenvalue weighted by Gasteiger charge is -1.79. The molecule has 0 aromatic rings. The molecule has 0 saturated heterocycles. The molecular formula is C4H4OS2. The van der Waals surface area contributed by atoms with Crippen molar-refractivity contribution in [3.05, 3.63) is 11.8 Å². The third kappa shape index (κ3) is 1.17. The van der Waals surface area contributed by atoms with Crippen molar-refractivity contribution < 1.29 is 5.11 Å². The van der Waals surface area contributed by atoms with Crippen molar-refractivity contribution in [1.82, 2.24) is 0 Å². The first-order valence-corrected chi connectivity index (χ1v) is 3.25. The molecule has 0 aromatic carbocycles. The second kappa shape index (κ2) is 1.84. The summed E-state index contributed by atoms with van der Waals surface area (Å²) < 4.78 is 0.789. The molecule has 0 spiro atoms. The third-order valence-corrected chi connectivity index (χ3v) is 1.96. The van der Waals surface area contributed by atoms with E-state index in [4.69, 9.17) is 17.3 Å². The van der Waals surface area contributed by atoms with Gasteiger partial charge in [-0.15, -0.1) is 11.8 Å². The predicted molar refractivity (Wildman–Crippen MR) is 35.8 cm³/mol. The second-order valence-corrected chi connectivity index (χ2v) is 2.96. The monoisotopic (exact) mass is 132 g/mol. The Hall–Kier alpha value is -0.0200. The summed E-state index contributed by atoms with van der Waals surface area (Å²) in [6, 6.07) is 0. The van der Waals surface area contributed by atoms with E-state index in [2.05, 4.69) is 0 Å². The minimum atomic E-state index is 0.398. The molecule has 0 aliphatic carbocycles. The van der Waals surface area contributed by atoms with Crippen molar-refractivity contribution in [2.24, 2.45) is 0 Å². The molecule has 0 bridgehead atoms. The first kappa shape index (κ1) is 5.12. The zero-order valence-corrected chi connectivity index (χ0v) is 5.18. The second-order valence-electron chi connectivity index (χ2n) is 1.24. The highest BCUT2D eigenvalue weighted by atomic mass is 32.2. The van der Waals surface area contributed by atoms with Crippen LogP contribution < -0.4 is 0 Å². The number of aliphatic hydroxyl groups excluding tert-OH is 1. The van der Waals surface area contributed by atoms with Crippen LogP contribution >= 0.6 is 24.0 Å². The van der Waals surface area contributed by atoms with E-state index in [1.54, 1.807) is 6.08 Å². The predicted octanol–water partition coefficient (Wildman–Crippen LogP) is 1.50. The van der Waals surface area contributed by atoms with Crippen LogP contribution in [0.4, 0.5) is 0 Å². The van der Waals surface area contributed by atoms with Crippen LogP contribution in [-0.2, 0) is 0 Å². The molecule has 1 N–H and O–H groups in total. The highest BCUT2D eigenvalue weighted by molar-refractivity contribution is 8.24. The SMILES string of the molecule is OC1=CC(=S)SC1. The van der Waals surface area contributed by atoms with Crippen LogP contribution in [0.5, 0.6) is 0 Å². The van der Waals surface area contributed by atoms with Gasteiger partial charge in [0.1, 0.15) is 5.76 Å². The fourth-order valence-electron chi connectivity index (χ4n) is 0.364. The number of hydrogen-bond acceptors (Lipinski definition) is 3. The summed E-state index contributed by atoms with van der Waals surface area (Å²) in [5.74, 6) is 1.06. The lowest BCUT2D eigenvalue weighted by atomic mass is 10.5. The normalized spacial score (nSPS) is 20.0. The van der Waals surface area contributed by atoms with Crippen LogP contribution in [0.2, 0.25) is 0 Å². The number of aliphatic hydroxyl groups is 1. The molecule has 1 aliphatic heterocycles. The van der Waals surface area contributed by atoms with Gasteiger partial charge in [0, 0.05) is 6.08 Å². The summed E-state index contributed by atoms with van der Waals surface area (Å²) in [7, 11) is 0. The Morgan fingerprint density at radius 2 is 2.57 bits per heavy atom. The van der Waals surface area contributed by atoms with E-state index in [1.165, 1.54) is 11.8 Å². The van der Waals surface area contributed by atoms with Gasteiger partial charge in [-0.1, -0.05) is 12.2 Å². The summed E-state index contributed by atoms with van der Waals surface area (Å²) in [6.45, 7) is 0.